The standard InChI is InChI=1S/C32H38N6O4S/c1-38(2)20-24-11-8-12-27(19-24)43(40,41)35-30(22-42-21-23-9-4-3-5-10-23)31(39)26-17-15-25(16-18-26)28-13-6-7-14-29(28)32-33-36-37-34-32/h3-7,9-10,13-18,24,27,30,35H,8,11-12,19-22H2,1-2H3,(H,33,34,36,37). The van der Waals surface area contributed by atoms with E-state index in [0.717, 1.165) is 41.6 Å². The first-order chi connectivity index (χ1) is 20.8. The van der Waals surface area contributed by atoms with E-state index in [1.165, 1.54) is 0 Å². The molecule has 1 aromatic heterocycles. The minimum atomic E-state index is -3.77. The van der Waals surface area contributed by atoms with Crippen molar-refractivity contribution in [3.8, 4) is 22.5 Å². The number of carbonyl (C=O) groups excluding carboxylic acids is 1. The first kappa shape index (κ1) is 30.7. The molecule has 43 heavy (non-hydrogen) atoms. The summed E-state index contributed by atoms with van der Waals surface area (Å²) >= 11 is 0. The molecule has 1 aliphatic rings. The molecule has 0 bridgehead atoms. The summed E-state index contributed by atoms with van der Waals surface area (Å²) in [4.78, 5) is 15.9. The lowest BCUT2D eigenvalue weighted by Crippen LogP contribution is -2.48. The smallest absolute Gasteiger partial charge is 0.215 e. The number of hydrogen-bond acceptors (Lipinski definition) is 8. The van der Waals surface area contributed by atoms with Crippen molar-refractivity contribution in [2.75, 3.05) is 27.2 Å². The Bertz CT molecular complexity index is 1580. The number of ether oxygens (including phenoxy) is 1. The molecule has 5 rings (SSSR count). The molecule has 0 radical (unpaired) electrons. The number of rotatable bonds is 13. The van der Waals surface area contributed by atoms with Gasteiger partial charge >= 0.3 is 0 Å². The number of H-pyrrole nitrogens is 1. The van der Waals surface area contributed by atoms with Gasteiger partial charge in [0.1, 0.15) is 6.04 Å². The summed E-state index contributed by atoms with van der Waals surface area (Å²) in [7, 11) is 0.235. The molecule has 1 saturated carbocycles. The zero-order valence-corrected chi connectivity index (χ0v) is 25.3. The molecule has 226 valence electrons. The van der Waals surface area contributed by atoms with Crippen LogP contribution in [-0.2, 0) is 21.4 Å². The number of aromatic amines is 1. The minimum Gasteiger partial charge on any atom is -0.375 e. The number of sulfonamides is 1. The van der Waals surface area contributed by atoms with Gasteiger partial charge in [-0.05, 0) is 61.2 Å². The summed E-state index contributed by atoms with van der Waals surface area (Å²) in [6, 6.07) is 23.3. The van der Waals surface area contributed by atoms with Gasteiger partial charge in [0.25, 0.3) is 0 Å². The Morgan fingerprint density at radius 2 is 1.72 bits per heavy atom. The van der Waals surface area contributed by atoms with Crippen LogP contribution in [-0.4, -0.2) is 78.3 Å². The second kappa shape index (κ2) is 14.1. The fourth-order valence-corrected chi connectivity index (χ4v) is 7.52. The van der Waals surface area contributed by atoms with Gasteiger partial charge < -0.3 is 9.64 Å². The maximum absolute atomic E-state index is 13.8. The molecule has 3 atom stereocenters. The topological polar surface area (TPSA) is 130 Å². The largest absolute Gasteiger partial charge is 0.375 e. The van der Waals surface area contributed by atoms with Gasteiger partial charge in [0.15, 0.2) is 5.78 Å². The molecule has 1 fully saturated rings. The number of benzene rings is 3. The van der Waals surface area contributed by atoms with Crippen molar-refractivity contribution in [1.29, 1.82) is 0 Å². The van der Waals surface area contributed by atoms with Crippen LogP contribution in [0.5, 0.6) is 0 Å². The van der Waals surface area contributed by atoms with Crippen molar-refractivity contribution in [3.05, 3.63) is 90.0 Å². The van der Waals surface area contributed by atoms with Crippen LogP contribution in [0.3, 0.4) is 0 Å². The van der Waals surface area contributed by atoms with Gasteiger partial charge in [0.05, 0.1) is 18.5 Å². The highest BCUT2D eigenvalue weighted by molar-refractivity contribution is 7.90. The summed E-state index contributed by atoms with van der Waals surface area (Å²) in [5, 5.41) is 13.8. The van der Waals surface area contributed by atoms with Crippen LogP contribution in [0.4, 0.5) is 0 Å². The Kier molecular flexibility index (Phi) is 10.1. The van der Waals surface area contributed by atoms with E-state index in [-0.39, 0.29) is 19.0 Å². The maximum Gasteiger partial charge on any atom is 0.215 e. The lowest BCUT2D eigenvalue weighted by molar-refractivity contribution is 0.0761. The lowest BCUT2D eigenvalue weighted by atomic mass is 9.88. The van der Waals surface area contributed by atoms with E-state index in [4.69, 9.17) is 4.74 Å². The van der Waals surface area contributed by atoms with Crippen LogP contribution in [0.1, 0.15) is 41.6 Å². The van der Waals surface area contributed by atoms with Crippen molar-refractivity contribution in [2.24, 2.45) is 5.92 Å². The Labute approximate surface area is 252 Å². The first-order valence-corrected chi connectivity index (χ1v) is 16.1. The van der Waals surface area contributed by atoms with Crippen LogP contribution in [0, 0.1) is 5.92 Å². The third-order valence-electron chi connectivity index (χ3n) is 7.81. The van der Waals surface area contributed by atoms with Crippen molar-refractivity contribution >= 4 is 15.8 Å². The number of carbonyl (C=O) groups is 1. The van der Waals surface area contributed by atoms with E-state index < -0.39 is 21.3 Å². The fraction of sp³-hybridized carbons (Fsp3) is 0.375. The number of nitrogens with zero attached hydrogens (tertiary/aromatic N) is 4. The van der Waals surface area contributed by atoms with E-state index in [1.54, 1.807) is 12.1 Å². The normalized spacial score (nSPS) is 18.0. The highest BCUT2D eigenvalue weighted by Crippen LogP contribution is 2.31. The summed E-state index contributed by atoms with van der Waals surface area (Å²) in [5.74, 6) is 0.434. The highest BCUT2D eigenvalue weighted by Gasteiger charge is 2.35. The van der Waals surface area contributed by atoms with Crippen molar-refractivity contribution in [3.63, 3.8) is 0 Å². The van der Waals surface area contributed by atoms with Gasteiger partial charge in [-0.1, -0.05) is 85.3 Å². The van der Waals surface area contributed by atoms with Gasteiger partial charge in [-0.15, -0.1) is 10.2 Å². The minimum absolute atomic E-state index is 0.0801. The fourth-order valence-electron chi connectivity index (χ4n) is 5.75. The van der Waals surface area contributed by atoms with E-state index in [0.29, 0.717) is 30.1 Å². The second-order valence-electron chi connectivity index (χ2n) is 11.4. The molecule has 10 nitrogen and oxygen atoms in total. The third-order valence-corrected chi connectivity index (χ3v) is 9.73. The molecule has 4 aromatic rings. The van der Waals surface area contributed by atoms with Gasteiger partial charge in [-0.2, -0.15) is 5.21 Å². The zero-order valence-electron chi connectivity index (χ0n) is 24.5. The van der Waals surface area contributed by atoms with E-state index in [9.17, 15) is 13.2 Å². The molecule has 3 unspecified atom stereocenters. The van der Waals surface area contributed by atoms with Gasteiger partial charge in [-0.3, -0.25) is 4.79 Å². The molecule has 1 heterocycles. The number of aromatic nitrogens is 4. The van der Waals surface area contributed by atoms with Crippen LogP contribution in [0.25, 0.3) is 22.5 Å². The Morgan fingerprint density at radius 3 is 2.42 bits per heavy atom. The molecular formula is C32H38N6O4S. The van der Waals surface area contributed by atoms with E-state index >= 15 is 0 Å². The molecule has 0 spiro atoms. The number of ketones is 1. The molecular weight excluding hydrogens is 564 g/mol. The van der Waals surface area contributed by atoms with Gasteiger partial charge in [0.2, 0.25) is 15.8 Å². The molecule has 11 heteroatoms. The van der Waals surface area contributed by atoms with Crippen molar-refractivity contribution in [2.45, 2.75) is 43.6 Å². The molecule has 0 saturated heterocycles. The highest BCUT2D eigenvalue weighted by atomic mass is 32.2. The molecule has 0 aliphatic heterocycles. The Balaban J connectivity index is 1.35. The second-order valence-corrected chi connectivity index (χ2v) is 13.3. The Morgan fingerprint density at radius 1 is 1.00 bits per heavy atom. The summed E-state index contributed by atoms with van der Waals surface area (Å²) in [6.45, 7) is 1.03. The SMILES string of the molecule is CN(C)CC1CCCC(S(=O)(=O)NC(COCc2ccccc2)C(=O)c2ccc(-c3ccccc3-c3nn[nH]n3)cc2)C1. The number of nitrogens with one attached hydrogen (secondary N) is 2. The average Bonchev–Trinajstić information content (AvgIpc) is 3.56. The monoisotopic (exact) mass is 602 g/mol. The van der Waals surface area contributed by atoms with Crippen LogP contribution < -0.4 is 4.72 Å². The number of Topliss-reactive ketones (excluding diaryl/α,β-unsaturated/α-hetero) is 1. The predicted octanol–water partition coefficient (Wildman–Crippen LogP) is 4.34. The van der Waals surface area contributed by atoms with Gasteiger partial charge in [-0.25, -0.2) is 13.1 Å². The molecule has 0 amide bonds. The number of tetrazole rings is 1. The van der Waals surface area contributed by atoms with Crippen molar-refractivity contribution < 1.29 is 17.9 Å². The van der Waals surface area contributed by atoms with Crippen molar-refractivity contribution in [1.82, 2.24) is 30.2 Å². The summed E-state index contributed by atoms with van der Waals surface area (Å²) < 4.78 is 35.9. The third kappa shape index (κ3) is 7.99. The van der Waals surface area contributed by atoms with E-state index in [2.05, 4.69) is 30.2 Å². The predicted molar refractivity (Wildman–Crippen MR) is 166 cm³/mol. The number of hydrogen-bond donors (Lipinski definition) is 2. The van der Waals surface area contributed by atoms with Crippen LogP contribution in [0.15, 0.2) is 78.9 Å². The van der Waals surface area contributed by atoms with Crippen LogP contribution >= 0.6 is 0 Å². The molecule has 1 aliphatic carbocycles. The maximum atomic E-state index is 13.8. The van der Waals surface area contributed by atoms with E-state index in [1.807, 2.05) is 80.8 Å². The average molecular weight is 603 g/mol. The summed E-state index contributed by atoms with van der Waals surface area (Å²) in [6.07, 6.45) is 3.02. The zero-order chi connectivity index (χ0) is 30.2. The molecule has 2 N–H and O–H groups in total. The molecule has 3 aromatic carbocycles. The Hall–Kier alpha value is -3.77. The summed E-state index contributed by atoms with van der Waals surface area (Å²) in [5.41, 5.74) is 3.89. The first-order valence-electron chi connectivity index (χ1n) is 14.5. The quantitative estimate of drug-likeness (QED) is 0.216. The van der Waals surface area contributed by atoms with Crippen LogP contribution in [0.2, 0.25) is 0 Å². The lowest BCUT2D eigenvalue weighted by Gasteiger charge is -2.31. The van der Waals surface area contributed by atoms with Gasteiger partial charge in [0, 0.05) is 17.7 Å².